The first-order valence-electron chi connectivity index (χ1n) is 7.97. The van der Waals surface area contributed by atoms with Gasteiger partial charge in [-0.2, -0.15) is 5.10 Å². The third kappa shape index (κ3) is 3.35. The minimum Gasteiger partial charge on any atom is -0.352 e. The van der Waals surface area contributed by atoms with Crippen molar-refractivity contribution in [2.45, 2.75) is 13.8 Å². The van der Waals surface area contributed by atoms with Crippen LogP contribution in [0.15, 0.2) is 36.7 Å². The van der Waals surface area contributed by atoms with Gasteiger partial charge < -0.3 is 10.6 Å². The number of hydrogen-bond donors (Lipinski definition) is 2. The molecular weight excluding hydrogens is 318 g/mol. The summed E-state index contributed by atoms with van der Waals surface area (Å²) in [5, 5.41) is 10.5. The molecule has 7 nitrogen and oxygen atoms in total. The Morgan fingerprint density at radius 3 is 2.68 bits per heavy atom. The predicted octanol–water partition coefficient (Wildman–Crippen LogP) is 2.28. The summed E-state index contributed by atoms with van der Waals surface area (Å²) in [5.41, 5.74) is 3.12. The molecule has 2 heterocycles. The standard InChI is InChI=1S/C18H19N5O2/c1-4-19-17(24)12-6-5-11(2)15(8-12)22-18(25)14-7-13-10-21-23(3)16(13)20-9-14/h5-10H,4H2,1-3H3,(H,19,24)(H,22,25). The van der Waals surface area contributed by atoms with Crippen molar-refractivity contribution in [2.24, 2.45) is 7.05 Å². The van der Waals surface area contributed by atoms with Crippen molar-refractivity contribution in [3.63, 3.8) is 0 Å². The maximum absolute atomic E-state index is 12.5. The smallest absolute Gasteiger partial charge is 0.257 e. The van der Waals surface area contributed by atoms with E-state index >= 15 is 0 Å². The summed E-state index contributed by atoms with van der Waals surface area (Å²) in [4.78, 5) is 28.8. The maximum atomic E-state index is 12.5. The highest BCUT2D eigenvalue weighted by Gasteiger charge is 2.13. The third-order valence-electron chi connectivity index (χ3n) is 3.92. The van der Waals surface area contributed by atoms with Gasteiger partial charge in [-0.15, -0.1) is 0 Å². The molecule has 0 atom stereocenters. The van der Waals surface area contributed by atoms with Crippen LogP contribution in [-0.4, -0.2) is 33.1 Å². The number of rotatable bonds is 4. The third-order valence-corrected chi connectivity index (χ3v) is 3.92. The van der Waals surface area contributed by atoms with E-state index in [0.717, 1.165) is 10.9 Å². The number of aryl methyl sites for hydroxylation is 2. The molecule has 0 spiro atoms. The van der Waals surface area contributed by atoms with Crippen LogP contribution in [0, 0.1) is 6.92 Å². The number of hydrogen-bond acceptors (Lipinski definition) is 4. The summed E-state index contributed by atoms with van der Waals surface area (Å²) < 4.78 is 1.65. The van der Waals surface area contributed by atoms with Crippen molar-refractivity contribution in [3.05, 3.63) is 53.3 Å². The molecule has 2 aromatic heterocycles. The fraction of sp³-hybridized carbons (Fsp3) is 0.222. The van der Waals surface area contributed by atoms with E-state index in [-0.39, 0.29) is 11.8 Å². The highest BCUT2D eigenvalue weighted by atomic mass is 16.2. The van der Waals surface area contributed by atoms with Gasteiger partial charge in [0.05, 0.1) is 11.8 Å². The van der Waals surface area contributed by atoms with Gasteiger partial charge in [0.1, 0.15) is 0 Å². The molecule has 3 aromatic rings. The largest absolute Gasteiger partial charge is 0.352 e. The molecule has 0 aliphatic heterocycles. The summed E-state index contributed by atoms with van der Waals surface area (Å²) in [6.45, 7) is 4.28. The predicted molar refractivity (Wildman–Crippen MR) is 95.6 cm³/mol. The molecule has 0 aliphatic carbocycles. The van der Waals surface area contributed by atoms with Crippen molar-refractivity contribution in [1.29, 1.82) is 0 Å². The van der Waals surface area contributed by atoms with Gasteiger partial charge in [0.2, 0.25) is 0 Å². The zero-order valence-electron chi connectivity index (χ0n) is 14.3. The summed E-state index contributed by atoms with van der Waals surface area (Å²) in [6.07, 6.45) is 3.18. The van der Waals surface area contributed by atoms with Gasteiger partial charge >= 0.3 is 0 Å². The van der Waals surface area contributed by atoms with Crippen LogP contribution in [0.4, 0.5) is 5.69 Å². The molecule has 2 amide bonds. The Balaban J connectivity index is 1.86. The van der Waals surface area contributed by atoms with E-state index in [4.69, 9.17) is 0 Å². The molecule has 0 unspecified atom stereocenters. The Kier molecular flexibility index (Phi) is 4.47. The van der Waals surface area contributed by atoms with Crippen LogP contribution < -0.4 is 10.6 Å². The number of fused-ring (bicyclic) bond motifs is 1. The molecule has 2 N–H and O–H groups in total. The molecule has 0 saturated heterocycles. The molecule has 0 fully saturated rings. The lowest BCUT2D eigenvalue weighted by atomic mass is 10.1. The van der Waals surface area contributed by atoms with E-state index < -0.39 is 0 Å². The van der Waals surface area contributed by atoms with Gasteiger partial charge in [-0.1, -0.05) is 6.07 Å². The number of amides is 2. The second-order valence-electron chi connectivity index (χ2n) is 5.75. The lowest BCUT2D eigenvalue weighted by molar-refractivity contribution is 0.0954. The zero-order chi connectivity index (χ0) is 18.0. The van der Waals surface area contributed by atoms with Crippen molar-refractivity contribution >= 4 is 28.5 Å². The monoisotopic (exact) mass is 337 g/mol. The molecule has 25 heavy (non-hydrogen) atoms. The molecule has 1 aromatic carbocycles. The summed E-state index contributed by atoms with van der Waals surface area (Å²) >= 11 is 0. The average Bonchev–Trinajstić information content (AvgIpc) is 2.97. The fourth-order valence-corrected chi connectivity index (χ4v) is 2.52. The maximum Gasteiger partial charge on any atom is 0.257 e. The normalized spacial score (nSPS) is 10.7. The van der Waals surface area contributed by atoms with Gasteiger partial charge in [-0.05, 0) is 37.6 Å². The SMILES string of the molecule is CCNC(=O)c1ccc(C)c(NC(=O)c2cnc3c(cnn3C)c2)c1. The van der Waals surface area contributed by atoms with Crippen LogP contribution >= 0.6 is 0 Å². The molecule has 0 saturated carbocycles. The number of carbonyl (C=O) groups is 2. The second kappa shape index (κ2) is 6.72. The number of nitrogens with one attached hydrogen (secondary N) is 2. The molecule has 128 valence electrons. The van der Waals surface area contributed by atoms with E-state index in [0.29, 0.717) is 29.0 Å². The van der Waals surface area contributed by atoms with Crippen molar-refractivity contribution in [2.75, 3.05) is 11.9 Å². The quantitative estimate of drug-likeness (QED) is 0.764. The highest BCUT2D eigenvalue weighted by Crippen LogP contribution is 2.19. The number of carbonyl (C=O) groups excluding carboxylic acids is 2. The van der Waals surface area contributed by atoms with Crippen LogP contribution in [0.2, 0.25) is 0 Å². The number of benzene rings is 1. The van der Waals surface area contributed by atoms with Crippen molar-refractivity contribution < 1.29 is 9.59 Å². The van der Waals surface area contributed by atoms with Crippen LogP contribution in [-0.2, 0) is 7.05 Å². The van der Waals surface area contributed by atoms with Gasteiger partial charge in [-0.3, -0.25) is 14.3 Å². The zero-order valence-corrected chi connectivity index (χ0v) is 14.3. The van der Waals surface area contributed by atoms with Gasteiger partial charge in [-0.25, -0.2) is 4.98 Å². The van der Waals surface area contributed by atoms with Crippen molar-refractivity contribution in [3.8, 4) is 0 Å². The van der Waals surface area contributed by atoms with Gasteiger partial charge in [0, 0.05) is 36.4 Å². The van der Waals surface area contributed by atoms with E-state index in [1.165, 1.54) is 6.20 Å². The average molecular weight is 337 g/mol. The molecular formula is C18H19N5O2. The van der Waals surface area contributed by atoms with Gasteiger partial charge in [0.15, 0.2) is 5.65 Å². The van der Waals surface area contributed by atoms with Crippen LogP contribution in [0.25, 0.3) is 11.0 Å². The van der Waals surface area contributed by atoms with Crippen LogP contribution in [0.1, 0.15) is 33.2 Å². The number of nitrogens with zero attached hydrogens (tertiary/aromatic N) is 3. The second-order valence-corrected chi connectivity index (χ2v) is 5.75. The van der Waals surface area contributed by atoms with E-state index in [1.807, 2.05) is 19.9 Å². The lowest BCUT2D eigenvalue weighted by Crippen LogP contribution is -2.23. The number of pyridine rings is 1. The topological polar surface area (TPSA) is 88.9 Å². The molecule has 0 radical (unpaired) electrons. The lowest BCUT2D eigenvalue weighted by Gasteiger charge is -2.11. The minimum atomic E-state index is -0.283. The van der Waals surface area contributed by atoms with Crippen LogP contribution in [0.3, 0.4) is 0 Å². The molecule has 3 rings (SSSR count). The fourth-order valence-electron chi connectivity index (χ4n) is 2.52. The van der Waals surface area contributed by atoms with Gasteiger partial charge in [0.25, 0.3) is 11.8 Å². The Labute approximate surface area is 145 Å². The summed E-state index contributed by atoms with van der Waals surface area (Å²) in [7, 11) is 1.80. The molecule has 0 aliphatic rings. The molecule has 7 heteroatoms. The minimum absolute atomic E-state index is 0.170. The Morgan fingerprint density at radius 1 is 1.12 bits per heavy atom. The number of aromatic nitrogens is 3. The van der Waals surface area contributed by atoms with E-state index in [1.54, 1.807) is 36.1 Å². The first kappa shape index (κ1) is 16.6. The van der Waals surface area contributed by atoms with Crippen LogP contribution in [0.5, 0.6) is 0 Å². The molecule has 0 bridgehead atoms. The summed E-state index contributed by atoms with van der Waals surface area (Å²) in [6, 6.07) is 6.96. The van der Waals surface area contributed by atoms with E-state index in [2.05, 4.69) is 20.7 Å². The Bertz CT molecular complexity index is 961. The highest BCUT2D eigenvalue weighted by molar-refractivity contribution is 6.06. The Hall–Kier alpha value is -3.22. The van der Waals surface area contributed by atoms with Crippen molar-refractivity contribution in [1.82, 2.24) is 20.1 Å². The number of anilines is 1. The summed E-state index contributed by atoms with van der Waals surface area (Å²) in [5.74, 6) is -0.453. The first-order chi connectivity index (χ1) is 12.0. The Morgan fingerprint density at radius 2 is 1.92 bits per heavy atom. The first-order valence-corrected chi connectivity index (χ1v) is 7.97. The van der Waals surface area contributed by atoms with E-state index in [9.17, 15) is 9.59 Å².